The van der Waals surface area contributed by atoms with Crippen LogP contribution in [0.25, 0.3) is 11.1 Å². The fraction of sp³-hybridized carbons (Fsp3) is 0. The average molecular weight is 279 g/mol. The lowest BCUT2D eigenvalue weighted by Gasteiger charge is -2.13. The van der Waals surface area contributed by atoms with Crippen LogP contribution in [-0.2, 0) is 0 Å². The minimum Gasteiger partial charge on any atom is -0.290 e. The molecule has 3 aromatic rings. The minimum absolute atomic E-state index is 0.422. The zero-order chi connectivity index (χ0) is 14.7. The van der Waals surface area contributed by atoms with Gasteiger partial charge in [0.15, 0.2) is 0 Å². The Labute approximate surface area is 120 Å². The summed E-state index contributed by atoms with van der Waals surface area (Å²) in [4.78, 5) is 25.0. The molecule has 1 heterocycles. The number of nitrogens with one attached hydrogen (secondary N) is 2. The number of hydrogen-bond acceptors (Lipinski definition) is 3. The van der Waals surface area contributed by atoms with Crippen LogP contribution in [-0.4, -0.2) is 9.66 Å². The molecule has 0 aliphatic carbocycles. The fourth-order valence-corrected chi connectivity index (χ4v) is 2.09. The second-order valence-corrected chi connectivity index (χ2v) is 4.50. The highest BCUT2D eigenvalue weighted by atomic mass is 16.2. The van der Waals surface area contributed by atoms with Crippen LogP contribution in [0.1, 0.15) is 0 Å². The van der Waals surface area contributed by atoms with E-state index in [1.807, 2.05) is 54.6 Å². The fourth-order valence-electron chi connectivity index (χ4n) is 2.09. The van der Waals surface area contributed by atoms with Gasteiger partial charge in [0.2, 0.25) is 0 Å². The summed E-state index contributed by atoms with van der Waals surface area (Å²) >= 11 is 0. The summed E-state index contributed by atoms with van der Waals surface area (Å²) in [6.07, 6.45) is 1.41. The predicted octanol–water partition coefficient (Wildman–Crippen LogP) is 2.08. The molecule has 0 bridgehead atoms. The Bertz CT molecular complexity index is 866. The lowest BCUT2D eigenvalue weighted by Crippen LogP contribution is -2.32. The SMILES string of the molecule is O=c1ccn(Nc2ccccc2-c2ccccc2)c(=O)[nH]1. The maximum Gasteiger partial charge on any atom is 0.347 e. The van der Waals surface area contributed by atoms with Crippen molar-refractivity contribution < 1.29 is 0 Å². The van der Waals surface area contributed by atoms with Gasteiger partial charge in [-0.15, -0.1) is 0 Å². The highest BCUT2D eigenvalue weighted by Crippen LogP contribution is 2.27. The molecule has 0 aliphatic rings. The summed E-state index contributed by atoms with van der Waals surface area (Å²) in [7, 11) is 0. The first-order chi connectivity index (χ1) is 10.2. The number of H-pyrrole nitrogens is 1. The lowest BCUT2D eigenvalue weighted by molar-refractivity contribution is 0.831. The maximum atomic E-state index is 11.7. The largest absolute Gasteiger partial charge is 0.347 e. The molecule has 104 valence electrons. The number of para-hydroxylation sites is 1. The quantitative estimate of drug-likeness (QED) is 0.771. The number of rotatable bonds is 3. The number of aromatic nitrogens is 2. The predicted molar refractivity (Wildman–Crippen MR) is 82.2 cm³/mol. The van der Waals surface area contributed by atoms with Crippen LogP contribution in [0.4, 0.5) is 5.69 Å². The highest BCUT2D eigenvalue weighted by molar-refractivity contribution is 5.77. The molecular weight excluding hydrogens is 266 g/mol. The Balaban J connectivity index is 2.04. The van der Waals surface area contributed by atoms with Crippen LogP contribution in [0.15, 0.2) is 76.4 Å². The van der Waals surface area contributed by atoms with Crippen molar-refractivity contribution in [3.63, 3.8) is 0 Å². The van der Waals surface area contributed by atoms with Gasteiger partial charge >= 0.3 is 5.69 Å². The van der Waals surface area contributed by atoms with E-state index in [2.05, 4.69) is 10.4 Å². The highest BCUT2D eigenvalue weighted by Gasteiger charge is 2.05. The van der Waals surface area contributed by atoms with Crippen molar-refractivity contribution in [2.24, 2.45) is 0 Å². The van der Waals surface area contributed by atoms with Crippen molar-refractivity contribution in [2.45, 2.75) is 0 Å². The summed E-state index contributed by atoms with van der Waals surface area (Å²) in [5.41, 5.74) is 4.85. The van der Waals surface area contributed by atoms with E-state index in [0.29, 0.717) is 0 Å². The number of anilines is 1. The van der Waals surface area contributed by atoms with Crippen molar-refractivity contribution in [3.8, 4) is 11.1 Å². The second-order valence-electron chi connectivity index (χ2n) is 4.50. The first kappa shape index (κ1) is 12.9. The van der Waals surface area contributed by atoms with E-state index in [-0.39, 0.29) is 0 Å². The van der Waals surface area contributed by atoms with E-state index >= 15 is 0 Å². The molecule has 0 atom stereocenters. The zero-order valence-corrected chi connectivity index (χ0v) is 11.1. The van der Waals surface area contributed by atoms with E-state index in [1.54, 1.807) is 0 Å². The molecule has 0 unspecified atom stereocenters. The summed E-state index contributed by atoms with van der Waals surface area (Å²) in [6, 6.07) is 18.8. The maximum absolute atomic E-state index is 11.7. The third-order valence-electron chi connectivity index (χ3n) is 3.08. The summed E-state index contributed by atoms with van der Waals surface area (Å²) in [5, 5.41) is 0. The Morgan fingerprint density at radius 3 is 2.33 bits per heavy atom. The Hall–Kier alpha value is -3.08. The van der Waals surface area contributed by atoms with Crippen LogP contribution in [0.2, 0.25) is 0 Å². The van der Waals surface area contributed by atoms with E-state index in [0.717, 1.165) is 16.8 Å². The van der Waals surface area contributed by atoms with Gasteiger partial charge in [-0.25, -0.2) is 9.47 Å². The smallest absolute Gasteiger partial charge is 0.290 e. The standard InChI is InChI=1S/C16H13N3O2/c20-15-10-11-19(16(21)17-15)18-14-9-5-4-8-13(14)12-6-2-1-3-7-12/h1-11,18H,(H,17,20,21). The van der Waals surface area contributed by atoms with Gasteiger partial charge in [0.1, 0.15) is 0 Å². The van der Waals surface area contributed by atoms with Crippen molar-refractivity contribution in [3.05, 3.63) is 87.7 Å². The molecule has 5 nitrogen and oxygen atoms in total. The number of hydrogen-bond donors (Lipinski definition) is 2. The molecule has 2 aromatic carbocycles. The molecule has 3 rings (SSSR count). The third kappa shape index (κ3) is 2.76. The topological polar surface area (TPSA) is 66.9 Å². The number of aromatic amines is 1. The van der Waals surface area contributed by atoms with Gasteiger partial charge in [-0.3, -0.25) is 15.2 Å². The van der Waals surface area contributed by atoms with Crippen LogP contribution < -0.4 is 16.7 Å². The molecular formula is C16H13N3O2. The molecule has 0 amide bonds. The zero-order valence-electron chi connectivity index (χ0n) is 11.1. The van der Waals surface area contributed by atoms with Gasteiger partial charge in [-0.05, 0) is 11.6 Å². The number of benzene rings is 2. The normalized spacial score (nSPS) is 10.3. The van der Waals surface area contributed by atoms with Crippen LogP contribution in [0.5, 0.6) is 0 Å². The van der Waals surface area contributed by atoms with Crippen LogP contribution in [0, 0.1) is 0 Å². The molecule has 0 spiro atoms. The first-order valence-electron chi connectivity index (χ1n) is 6.47. The average Bonchev–Trinajstić information content (AvgIpc) is 2.51. The molecule has 0 saturated carbocycles. The van der Waals surface area contributed by atoms with Gasteiger partial charge in [0, 0.05) is 17.8 Å². The molecule has 0 radical (unpaired) electrons. The molecule has 21 heavy (non-hydrogen) atoms. The van der Waals surface area contributed by atoms with Crippen LogP contribution in [0.3, 0.4) is 0 Å². The Morgan fingerprint density at radius 1 is 0.857 bits per heavy atom. The number of nitrogens with zero attached hydrogens (tertiary/aromatic N) is 1. The van der Waals surface area contributed by atoms with Gasteiger partial charge in [0.05, 0.1) is 5.69 Å². The van der Waals surface area contributed by atoms with Gasteiger partial charge in [0.25, 0.3) is 5.56 Å². The van der Waals surface area contributed by atoms with E-state index in [1.165, 1.54) is 16.9 Å². The Kier molecular flexibility index (Phi) is 3.39. The Morgan fingerprint density at radius 2 is 1.57 bits per heavy atom. The third-order valence-corrected chi connectivity index (χ3v) is 3.08. The van der Waals surface area contributed by atoms with E-state index < -0.39 is 11.2 Å². The second kappa shape index (κ2) is 5.50. The van der Waals surface area contributed by atoms with Gasteiger partial charge in [-0.1, -0.05) is 48.5 Å². The molecule has 0 fully saturated rings. The van der Waals surface area contributed by atoms with Crippen molar-refractivity contribution >= 4 is 5.69 Å². The van der Waals surface area contributed by atoms with Gasteiger partial charge in [-0.2, -0.15) is 0 Å². The summed E-state index contributed by atoms with van der Waals surface area (Å²) < 4.78 is 1.24. The van der Waals surface area contributed by atoms with Crippen LogP contribution >= 0.6 is 0 Å². The van der Waals surface area contributed by atoms with Crippen molar-refractivity contribution in [1.29, 1.82) is 0 Å². The molecule has 2 N–H and O–H groups in total. The van der Waals surface area contributed by atoms with Crippen molar-refractivity contribution in [1.82, 2.24) is 9.66 Å². The molecule has 0 aliphatic heterocycles. The molecule has 1 aromatic heterocycles. The first-order valence-corrected chi connectivity index (χ1v) is 6.47. The van der Waals surface area contributed by atoms with E-state index in [4.69, 9.17) is 0 Å². The van der Waals surface area contributed by atoms with Gasteiger partial charge < -0.3 is 0 Å². The summed E-state index contributed by atoms with van der Waals surface area (Å²) in [6.45, 7) is 0. The molecule has 0 saturated heterocycles. The monoisotopic (exact) mass is 279 g/mol. The lowest BCUT2D eigenvalue weighted by atomic mass is 10.0. The molecule has 5 heteroatoms. The van der Waals surface area contributed by atoms with E-state index in [9.17, 15) is 9.59 Å². The summed E-state index contributed by atoms with van der Waals surface area (Å²) in [5.74, 6) is 0. The minimum atomic E-state index is -0.509. The van der Waals surface area contributed by atoms with Crippen molar-refractivity contribution in [2.75, 3.05) is 5.43 Å².